The molecule has 25 heavy (non-hydrogen) atoms. The van der Waals surface area contributed by atoms with Crippen molar-refractivity contribution in [2.75, 3.05) is 0 Å². The van der Waals surface area contributed by atoms with Crippen molar-refractivity contribution in [1.82, 2.24) is 15.2 Å². The number of hydrogen-bond acceptors (Lipinski definition) is 4. The molecule has 0 unspecified atom stereocenters. The smallest absolute Gasteiger partial charge is 0.362 e. The summed E-state index contributed by atoms with van der Waals surface area (Å²) >= 11 is 0. The fraction of sp³-hybridized carbons (Fsp3) is 0.312. The number of carbonyl (C=O) groups excluding carboxylic acids is 1. The van der Waals surface area contributed by atoms with Crippen molar-refractivity contribution >= 4 is 11.6 Å². The Kier molecular flexibility index (Phi) is 3.91. The molecule has 1 aliphatic rings. The van der Waals surface area contributed by atoms with E-state index in [1.807, 2.05) is 19.1 Å². The third-order valence-corrected chi connectivity index (χ3v) is 3.93. The molecule has 2 aromatic rings. The van der Waals surface area contributed by atoms with Gasteiger partial charge in [0.1, 0.15) is 5.69 Å². The van der Waals surface area contributed by atoms with Gasteiger partial charge in [-0.25, -0.2) is 0 Å². The van der Waals surface area contributed by atoms with Crippen molar-refractivity contribution in [3.05, 3.63) is 41.6 Å². The summed E-state index contributed by atoms with van der Waals surface area (Å²) in [6, 6.07) is 8.59. The molecule has 6 nitrogen and oxygen atoms in total. The predicted octanol–water partition coefficient (Wildman–Crippen LogP) is 2.86. The SMILES string of the molecule is CC1=NN(C(=O)c2cc(-c3ccc(C)cc3)n[nH]2)[C@@](O)(C(F)(F)F)C1. The number of aromatic nitrogens is 2. The molecule has 0 bridgehead atoms. The molecule has 0 radical (unpaired) electrons. The van der Waals surface area contributed by atoms with Crippen LogP contribution in [0.15, 0.2) is 35.4 Å². The molecule has 3 rings (SSSR count). The lowest BCUT2D eigenvalue weighted by Gasteiger charge is -2.32. The van der Waals surface area contributed by atoms with Gasteiger partial charge in [-0.15, -0.1) is 0 Å². The maximum atomic E-state index is 13.2. The highest BCUT2D eigenvalue weighted by molar-refractivity contribution is 5.97. The first-order chi connectivity index (χ1) is 11.6. The van der Waals surface area contributed by atoms with Crippen LogP contribution in [0.25, 0.3) is 11.3 Å². The van der Waals surface area contributed by atoms with Gasteiger partial charge in [-0.2, -0.15) is 28.4 Å². The Bertz CT molecular complexity index is 842. The van der Waals surface area contributed by atoms with Crippen molar-refractivity contribution in [2.24, 2.45) is 5.10 Å². The molecule has 0 saturated carbocycles. The maximum Gasteiger partial charge on any atom is 0.438 e. The molecule has 0 fully saturated rings. The Morgan fingerprint density at radius 3 is 2.52 bits per heavy atom. The number of aryl methyl sites for hydroxylation is 1. The highest BCUT2D eigenvalue weighted by atomic mass is 19.4. The minimum absolute atomic E-state index is 0.00597. The molecule has 1 aliphatic heterocycles. The third kappa shape index (κ3) is 2.91. The lowest BCUT2D eigenvalue weighted by molar-refractivity contribution is -0.297. The molecule has 1 atom stereocenters. The van der Waals surface area contributed by atoms with Gasteiger partial charge >= 0.3 is 6.18 Å². The first-order valence-electron chi connectivity index (χ1n) is 7.42. The normalized spacial score (nSPS) is 20.7. The van der Waals surface area contributed by atoms with Crippen molar-refractivity contribution in [1.29, 1.82) is 0 Å². The van der Waals surface area contributed by atoms with Gasteiger partial charge in [0, 0.05) is 17.7 Å². The number of nitrogens with zero attached hydrogens (tertiary/aromatic N) is 3. The number of carbonyl (C=O) groups is 1. The van der Waals surface area contributed by atoms with Gasteiger partial charge in [-0.1, -0.05) is 29.8 Å². The molecule has 132 valence electrons. The fourth-order valence-corrected chi connectivity index (χ4v) is 2.57. The number of nitrogens with one attached hydrogen (secondary N) is 1. The Labute approximate surface area is 141 Å². The highest BCUT2D eigenvalue weighted by Gasteiger charge is 2.62. The summed E-state index contributed by atoms with van der Waals surface area (Å²) in [6.45, 7) is 3.23. The van der Waals surface area contributed by atoms with Crippen LogP contribution >= 0.6 is 0 Å². The number of benzene rings is 1. The van der Waals surface area contributed by atoms with E-state index in [0.717, 1.165) is 5.56 Å². The summed E-state index contributed by atoms with van der Waals surface area (Å²) < 4.78 is 39.6. The third-order valence-electron chi connectivity index (χ3n) is 3.93. The molecular formula is C16H15F3N4O2. The molecule has 0 saturated heterocycles. The number of alkyl halides is 3. The molecule has 1 amide bonds. The highest BCUT2D eigenvalue weighted by Crippen LogP contribution is 2.40. The summed E-state index contributed by atoms with van der Waals surface area (Å²) in [5.74, 6) is -1.11. The monoisotopic (exact) mass is 352 g/mol. The van der Waals surface area contributed by atoms with Gasteiger partial charge in [0.2, 0.25) is 0 Å². The van der Waals surface area contributed by atoms with Crippen LogP contribution in [-0.4, -0.2) is 43.8 Å². The Morgan fingerprint density at radius 2 is 1.92 bits per heavy atom. The van der Waals surface area contributed by atoms with Crippen LogP contribution in [-0.2, 0) is 0 Å². The summed E-state index contributed by atoms with van der Waals surface area (Å²) in [7, 11) is 0. The van der Waals surface area contributed by atoms with E-state index in [-0.39, 0.29) is 16.4 Å². The number of amides is 1. The predicted molar refractivity (Wildman–Crippen MR) is 83.7 cm³/mol. The standard InChI is InChI=1S/C16H15F3N4O2/c1-9-3-5-11(6-4-9)12-7-13(21-20-12)14(24)23-15(25,16(17,18)19)8-10(2)22-23/h3-7,25H,8H2,1-2H3,(H,20,21)/t15-/m0/s1. The van der Waals surface area contributed by atoms with E-state index in [2.05, 4.69) is 15.3 Å². The van der Waals surface area contributed by atoms with Crippen molar-refractivity contribution in [2.45, 2.75) is 32.2 Å². The molecular weight excluding hydrogens is 337 g/mol. The average Bonchev–Trinajstić information content (AvgIpc) is 3.12. The van der Waals surface area contributed by atoms with Gasteiger partial charge < -0.3 is 5.11 Å². The number of halogens is 3. The summed E-state index contributed by atoms with van der Waals surface area (Å²) in [5, 5.41) is 20.0. The second-order valence-corrected chi connectivity index (χ2v) is 5.98. The average molecular weight is 352 g/mol. The van der Waals surface area contributed by atoms with Gasteiger partial charge in [-0.3, -0.25) is 9.89 Å². The minimum Gasteiger partial charge on any atom is -0.362 e. The molecule has 2 heterocycles. The minimum atomic E-state index is -5.04. The van der Waals surface area contributed by atoms with Crippen molar-refractivity contribution in [3.8, 4) is 11.3 Å². The molecule has 1 aromatic heterocycles. The fourth-order valence-electron chi connectivity index (χ4n) is 2.57. The number of aromatic amines is 1. The summed E-state index contributed by atoms with van der Waals surface area (Å²) in [6.07, 6.45) is -5.83. The van der Waals surface area contributed by atoms with Crippen LogP contribution in [0.2, 0.25) is 0 Å². The quantitative estimate of drug-likeness (QED) is 0.872. The van der Waals surface area contributed by atoms with Crippen LogP contribution in [0.3, 0.4) is 0 Å². The van der Waals surface area contributed by atoms with Crippen LogP contribution in [0.4, 0.5) is 13.2 Å². The zero-order valence-corrected chi connectivity index (χ0v) is 13.4. The van der Waals surface area contributed by atoms with E-state index in [0.29, 0.717) is 11.3 Å². The summed E-state index contributed by atoms with van der Waals surface area (Å²) in [4.78, 5) is 12.4. The molecule has 9 heteroatoms. The number of H-pyrrole nitrogens is 1. The number of hydrazone groups is 1. The second-order valence-electron chi connectivity index (χ2n) is 5.98. The van der Waals surface area contributed by atoms with E-state index < -0.39 is 24.2 Å². The van der Waals surface area contributed by atoms with E-state index in [1.165, 1.54) is 13.0 Å². The largest absolute Gasteiger partial charge is 0.438 e. The Balaban J connectivity index is 1.92. The molecule has 0 aliphatic carbocycles. The number of rotatable bonds is 2. The van der Waals surface area contributed by atoms with Gasteiger partial charge in [0.15, 0.2) is 0 Å². The Morgan fingerprint density at radius 1 is 1.28 bits per heavy atom. The van der Waals surface area contributed by atoms with Crippen LogP contribution in [0, 0.1) is 6.92 Å². The second kappa shape index (κ2) is 5.69. The first kappa shape index (κ1) is 17.2. The number of aliphatic hydroxyl groups is 1. The van der Waals surface area contributed by atoms with Crippen molar-refractivity contribution < 1.29 is 23.1 Å². The van der Waals surface area contributed by atoms with Crippen molar-refractivity contribution in [3.63, 3.8) is 0 Å². The number of hydrogen-bond donors (Lipinski definition) is 2. The lowest BCUT2D eigenvalue weighted by atomic mass is 10.1. The van der Waals surface area contributed by atoms with Crippen LogP contribution < -0.4 is 0 Å². The summed E-state index contributed by atoms with van der Waals surface area (Å²) in [5.41, 5.74) is -1.41. The van der Waals surface area contributed by atoms with Gasteiger partial charge in [0.25, 0.3) is 11.6 Å². The van der Waals surface area contributed by atoms with E-state index in [4.69, 9.17) is 0 Å². The van der Waals surface area contributed by atoms with Gasteiger partial charge in [0.05, 0.1) is 5.69 Å². The van der Waals surface area contributed by atoms with Crippen LogP contribution in [0.5, 0.6) is 0 Å². The molecule has 2 N–H and O–H groups in total. The molecule has 1 aromatic carbocycles. The zero-order valence-electron chi connectivity index (χ0n) is 13.4. The van der Waals surface area contributed by atoms with Crippen LogP contribution in [0.1, 0.15) is 29.4 Å². The van der Waals surface area contributed by atoms with E-state index in [9.17, 15) is 23.1 Å². The van der Waals surface area contributed by atoms with E-state index in [1.54, 1.807) is 12.1 Å². The topological polar surface area (TPSA) is 81.6 Å². The van der Waals surface area contributed by atoms with Gasteiger partial charge in [-0.05, 0) is 19.9 Å². The zero-order chi connectivity index (χ0) is 18.4. The Hall–Kier alpha value is -2.68. The molecule has 0 spiro atoms. The first-order valence-corrected chi connectivity index (χ1v) is 7.42. The maximum absolute atomic E-state index is 13.2. The lowest BCUT2D eigenvalue weighted by Crippen LogP contribution is -2.56. The van der Waals surface area contributed by atoms with E-state index >= 15 is 0 Å².